The van der Waals surface area contributed by atoms with Crippen LogP contribution in [0.25, 0.3) is 0 Å². The van der Waals surface area contributed by atoms with Crippen molar-refractivity contribution in [3.8, 4) is 5.88 Å². The molecule has 0 atom stereocenters. The maximum atomic E-state index is 5.73. The van der Waals surface area contributed by atoms with Crippen molar-refractivity contribution in [2.24, 2.45) is 0 Å². The molecule has 0 saturated carbocycles. The highest BCUT2D eigenvalue weighted by Gasteiger charge is 2.01. The second kappa shape index (κ2) is 8.47. The van der Waals surface area contributed by atoms with Crippen LogP contribution in [-0.2, 0) is 6.42 Å². The molecule has 0 aliphatic carbocycles. The van der Waals surface area contributed by atoms with Gasteiger partial charge in [-0.2, -0.15) is 0 Å². The van der Waals surface area contributed by atoms with Crippen LogP contribution in [0.3, 0.4) is 0 Å². The molecule has 0 aliphatic rings. The first kappa shape index (κ1) is 15.6. The van der Waals surface area contributed by atoms with Gasteiger partial charge < -0.3 is 10.1 Å². The number of aromatic nitrogens is 2. The number of halogens is 1. The van der Waals surface area contributed by atoms with Crippen molar-refractivity contribution in [3.05, 3.63) is 42.2 Å². The normalized spacial score (nSPS) is 10.4. The number of rotatable bonds is 8. The van der Waals surface area contributed by atoms with Gasteiger partial charge in [-0.3, -0.25) is 0 Å². The molecular weight excluding hydrogens is 286 g/mol. The van der Waals surface area contributed by atoms with Crippen molar-refractivity contribution in [2.75, 3.05) is 17.8 Å². The van der Waals surface area contributed by atoms with Gasteiger partial charge >= 0.3 is 0 Å². The summed E-state index contributed by atoms with van der Waals surface area (Å²) >= 11 is 5.73. The van der Waals surface area contributed by atoms with E-state index in [1.54, 1.807) is 6.07 Å². The highest BCUT2D eigenvalue weighted by molar-refractivity contribution is 6.17. The van der Waals surface area contributed by atoms with Gasteiger partial charge in [0, 0.05) is 17.6 Å². The van der Waals surface area contributed by atoms with Gasteiger partial charge in [-0.1, -0.05) is 19.1 Å². The van der Waals surface area contributed by atoms with Gasteiger partial charge in [-0.05, 0) is 37.0 Å². The van der Waals surface area contributed by atoms with Gasteiger partial charge in [0.05, 0.1) is 6.61 Å². The van der Waals surface area contributed by atoms with E-state index in [4.69, 9.17) is 16.3 Å². The molecule has 0 unspecified atom stereocenters. The van der Waals surface area contributed by atoms with E-state index in [1.165, 1.54) is 11.9 Å². The molecule has 1 aromatic heterocycles. The summed E-state index contributed by atoms with van der Waals surface area (Å²) in [6.45, 7) is 2.72. The number of aryl methyl sites for hydroxylation is 1. The Labute approximate surface area is 130 Å². The standard InChI is InChI=1S/C16H20ClN3O/c1-2-9-21-16-11-15(18-12-19-16)20-14-7-3-5-13(10-14)6-4-8-17/h3,5,7,10-12H,2,4,6,8-9H2,1H3,(H,18,19,20). The Kier molecular flexibility index (Phi) is 6.28. The SMILES string of the molecule is CCCOc1cc(Nc2cccc(CCCCl)c2)ncn1. The fraction of sp³-hybridized carbons (Fsp3) is 0.375. The van der Waals surface area contributed by atoms with Crippen LogP contribution >= 0.6 is 11.6 Å². The molecule has 2 rings (SSSR count). The van der Waals surface area contributed by atoms with Crippen LogP contribution in [0.15, 0.2) is 36.7 Å². The van der Waals surface area contributed by atoms with Crippen LogP contribution in [0.5, 0.6) is 5.88 Å². The molecule has 1 N–H and O–H groups in total. The van der Waals surface area contributed by atoms with E-state index in [2.05, 4.69) is 34.3 Å². The van der Waals surface area contributed by atoms with Crippen molar-refractivity contribution >= 4 is 23.1 Å². The molecule has 0 spiro atoms. The monoisotopic (exact) mass is 305 g/mol. The molecule has 0 bridgehead atoms. The number of nitrogens with one attached hydrogen (secondary N) is 1. The summed E-state index contributed by atoms with van der Waals surface area (Å²) in [5.41, 5.74) is 2.26. The lowest BCUT2D eigenvalue weighted by Crippen LogP contribution is -2.00. The van der Waals surface area contributed by atoms with Gasteiger partial charge in [0.15, 0.2) is 0 Å². The first-order valence-electron chi connectivity index (χ1n) is 7.18. The van der Waals surface area contributed by atoms with Crippen molar-refractivity contribution in [1.82, 2.24) is 9.97 Å². The number of hydrogen-bond acceptors (Lipinski definition) is 4. The highest BCUT2D eigenvalue weighted by Crippen LogP contribution is 2.19. The summed E-state index contributed by atoms with van der Waals surface area (Å²) in [6.07, 6.45) is 4.42. The molecule has 1 heterocycles. The molecule has 0 amide bonds. The van der Waals surface area contributed by atoms with Gasteiger partial charge in [-0.15, -0.1) is 11.6 Å². The summed E-state index contributed by atoms with van der Waals surface area (Å²) in [7, 11) is 0. The third kappa shape index (κ3) is 5.23. The Morgan fingerprint density at radius 3 is 2.95 bits per heavy atom. The van der Waals surface area contributed by atoms with Crippen LogP contribution < -0.4 is 10.1 Å². The van der Waals surface area contributed by atoms with Crippen molar-refractivity contribution in [1.29, 1.82) is 0 Å². The number of benzene rings is 1. The molecule has 112 valence electrons. The largest absolute Gasteiger partial charge is 0.478 e. The molecule has 0 saturated heterocycles. The lowest BCUT2D eigenvalue weighted by Gasteiger charge is -2.09. The van der Waals surface area contributed by atoms with Crippen LogP contribution in [0, 0.1) is 0 Å². The quantitative estimate of drug-likeness (QED) is 0.743. The number of ether oxygens (including phenoxy) is 1. The summed E-state index contributed by atoms with van der Waals surface area (Å²) in [6, 6.07) is 10.1. The first-order chi connectivity index (χ1) is 10.3. The molecule has 21 heavy (non-hydrogen) atoms. The van der Waals surface area contributed by atoms with Gasteiger partial charge in [0.2, 0.25) is 5.88 Å². The van der Waals surface area contributed by atoms with Crippen LogP contribution in [0.4, 0.5) is 11.5 Å². The summed E-state index contributed by atoms with van der Waals surface area (Å²) in [5.74, 6) is 2.00. The van der Waals surface area contributed by atoms with E-state index < -0.39 is 0 Å². The van der Waals surface area contributed by atoms with Crippen LogP contribution in [0.1, 0.15) is 25.3 Å². The second-order valence-electron chi connectivity index (χ2n) is 4.71. The van der Waals surface area contributed by atoms with Crippen LogP contribution in [-0.4, -0.2) is 22.5 Å². The maximum absolute atomic E-state index is 5.73. The first-order valence-corrected chi connectivity index (χ1v) is 7.72. The number of alkyl halides is 1. The van der Waals surface area contributed by atoms with Gasteiger partial charge in [-0.25, -0.2) is 9.97 Å². The van der Waals surface area contributed by atoms with E-state index in [1.807, 2.05) is 12.1 Å². The molecular formula is C16H20ClN3O. The molecule has 1 aromatic carbocycles. The number of hydrogen-bond donors (Lipinski definition) is 1. The Morgan fingerprint density at radius 2 is 2.14 bits per heavy atom. The Morgan fingerprint density at radius 1 is 1.24 bits per heavy atom. The maximum Gasteiger partial charge on any atom is 0.218 e. The molecule has 0 aliphatic heterocycles. The molecule has 4 nitrogen and oxygen atoms in total. The lowest BCUT2D eigenvalue weighted by molar-refractivity contribution is 0.305. The fourth-order valence-electron chi connectivity index (χ4n) is 1.92. The predicted molar refractivity (Wildman–Crippen MR) is 86.6 cm³/mol. The Bertz CT molecular complexity index is 513. The average Bonchev–Trinajstić information content (AvgIpc) is 2.52. The minimum Gasteiger partial charge on any atom is -0.478 e. The minimum absolute atomic E-state index is 0.590. The number of anilines is 2. The third-order valence-corrected chi connectivity index (χ3v) is 3.16. The zero-order valence-corrected chi connectivity index (χ0v) is 12.9. The number of nitrogens with zero attached hydrogens (tertiary/aromatic N) is 2. The zero-order chi connectivity index (χ0) is 14.9. The Hall–Kier alpha value is -1.81. The van der Waals surface area contributed by atoms with Gasteiger partial charge in [0.1, 0.15) is 12.1 Å². The van der Waals surface area contributed by atoms with Gasteiger partial charge in [0.25, 0.3) is 0 Å². The smallest absolute Gasteiger partial charge is 0.218 e. The van der Waals surface area contributed by atoms with E-state index in [-0.39, 0.29) is 0 Å². The van der Waals surface area contributed by atoms with E-state index >= 15 is 0 Å². The minimum atomic E-state index is 0.590. The predicted octanol–water partition coefficient (Wildman–Crippen LogP) is 4.18. The van der Waals surface area contributed by atoms with E-state index in [9.17, 15) is 0 Å². The highest BCUT2D eigenvalue weighted by atomic mass is 35.5. The van der Waals surface area contributed by atoms with Crippen LogP contribution in [0.2, 0.25) is 0 Å². The topological polar surface area (TPSA) is 47.0 Å². The second-order valence-corrected chi connectivity index (χ2v) is 5.09. The van der Waals surface area contributed by atoms with Crippen molar-refractivity contribution in [2.45, 2.75) is 26.2 Å². The molecule has 0 radical (unpaired) electrons. The molecule has 5 heteroatoms. The van der Waals surface area contributed by atoms with E-state index in [0.29, 0.717) is 18.4 Å². The zero-order valence-electron chi connectivity index (χ0n) is 12.2. The molecule has 0 fully saturated rings. The fourth-order valence-corrected chi connectivity index (χ4v) is 2.05. The molecule has 2 aromatic rings. The summed E-state index contributed by atoms with van der Waals surface area (Å²) in [4.78, 5) is 8.30. The average molecular weight is 306 g/mol. The lowest BCUT2D eigenvalue weighted by atomic mass is 10.1. The summed E-state index contributed by atoms with van der Waals surface area (Å²) < 4.78 is 5.50. The van der Waals surface area contributed by atoms with Crippen molar-refractivity contribution in [3.63, 3.8) is 0 Å². The third-order valence-electron chi connectivity index (χ3n) is 2.89. The Balaban J connectivity index is 2.03. The summed E-state index contributed by atoms with van der Waals surface area (Å²) in [5, 5.41) is 3.27. The van der Waals surface area contributed by atoms with Crippen molar-refractivity contribution < 1.29 is 4.74 Å². The van der Waals surface area contributed by atoms with E-state index in [0.717, 1.165) is 30.8 Å².